The summed E-state index contributed by atoms with van der Waals surface area (Å²) < 4.78 is 0. The van der Waals surface area contributed by atoms with Crippen LogP contribution in [0.3, 0.4) is 0 Å². The van der Waals surface area contributed by atoms with Crippen LogP contribution >= 0.6 is 11.3 Å². The van der Waals surface area contributed by atoms with E-state index in [4.69, 9.17) is 0 Å². The standard InChI is InChI=1S/C16H24N2OS/c1-2-18-15(19)4-7-16(18)6-3-9-17(10-8-16)12-14-5-11-20-13-14/h5,11,13H,2-4,6-10,12H2,1H3. The van der Waals surface area contributed by atoms with E-state index in [9.17, 15) is 4.79 Å². The highest BCUT2D eigenvalue weighted by atomic mass is 32.1. The third-order valence-electron chi connectivity index (χ3n) is 4.99. The Morgan fingerprint density at radius 1 is 1.30 bits per heavy atom. The Hall–Kier alpha value is -0.870. The summed E-state index contributed by atoms with van der Waals surface area (Å²) >= 11 is 1.78. The fourth-order valence-corrected chi connectivity index (χ4v) is 4.60. The average Bonchev–Trinajstić information content (AvgIpc) is 2.99. The molecule has 1 aromatic heterocycles. The predicted molar refractivity (Wildman–Crippen MR) is 82.8 cm³/mol. The molecule has 1 atom stereocenters. The van der Waals surface area contributed by atoms with Gasteiger partial charge in [-0.05, 0) is 61.5 Å². The van der Waals surface area contributed by atoms with Crippen LogP contribution in [0.15, 0.2) is 16.8 Å². The number of hydrogen-bond acceptors (Lipinski definition) is 3. The molecule has 3 rings (SSSR count). The SMILES string of the molecule is CCN1C(=O)CCC12CCCN(Cc1ccsc1)CC2. The third kappa shape index (κ3) is 2.63. The van der Waals surface area contributed by atoms with Crippen LogP contribution in [0, 0.1) is 0 Å². The van der Waals surface area contributed by atoms with Crippen molar-refractivity contribution < 1.29 is 4.79 Å². The fraction of sp³-hybridized carbons (Fsp3) is 0.688. The molecule has 2 fully saturated rings. The maximum atomic E-state index is 12.0. The van der Waals surface area contributed by atoms with Crippen molar-refractivity contribution in [2.75, 3.05) is 19.6 Å². The molecule has 110 valence electrons. The molecule has 1 spiro atoms. The molecule has 0 aromatic carbocycles. The summed E-state index contributed by atoms with van der Waals surface area (Å²) in [5.41, 5.74) is 1.61. The predicted octanol–water partition coefficient (Wildman–Crippen LogP) is 3.12. The lowest BCUT2D eigenvalue weighted by atomic mass is 9.88. The van der Waals surface area contributed by atoms with Gasteiger partial charge in [-0.3, -0.25) is 9.69 Å². The highest BCUT2D eigenvalue weighted by molar-refractivity contribution is 7.07. The average molecular weight is 292 g/mol. The first-order valence-electron chi connectivity index (χ1n) is 7.77. The molecule has 2 saturated heterocycles. The zero-order valence-electron chi connectivity index (χ0n) is 12.3. The lowest BCUT2D eigenvalue weighted by Crippen LogP contribution is -2.46. The van der Waals surface area contributed by atoms with Crippen LogP contribution in [-0.4, -0.2) is 40.9 Å². The number of hydrogen-bond donors (Lipinski definition) is 0. The Balaban J connectivity index is 1.66. The molecule has 2 aliphatic heterocycles. The number of likely N-dealkylation sites (tertiary alicyclic amines) is 2. The molecule has 3 heterocycles. The van der Waals surface area contributed by atoms with E-state index in [0.29, 0.717) is 5.91 Å². The molecular formula is C16H24N2OS. The molecule has 0 radical (unpaired) electrons. The second-order valence-corrected chi connectivity index (χ2v) is 6.90. The van der Waals surface area contributed by atoms with Gasteiger partial charge in [-0.15, -0.1) is 0 Å². The first kappa shape index (κ1) is 14.1. The second kappa shape index (κ2) is 5.86. The molecule has 0 N–H and O–H groups in total. The summed E-state index contributed by atoms with van der Waals surface area (Å²) in [5.74, 6) is 0.374. The van der Waals surface area contributed by atoms with Gasteiger partial charge >= 0.3 is 0 Å². The minimum absolute atomic E-state index is 0.176. The Morgan fingerprint density at radius 3 is 2.95 bits per heavy atom. The van der Waals surface area contributed by atoms with Crippen molar-refractivity contribution in [3.05, 3.63) is 22.4 Å². The first-order chi connectivity index (χ1) is 9.73. The Morgan fingerprint density at radius 2 is 2.20 bits per heavy atom. The number of carbonyl (C=O) groups excluding carboxylic acids is 1. The zero-order valence-corrected chi connectivity index (χ0v) is 13.1. The van der Waals surface area contributed by atoms with Crippen molar-refractivity contribution in [1.29, 1.82) is 0 Å². The molecule has 1 aromatic rings. The van der Waals surface area contributed by atoms with E-state index >= 15 is 0 Å². The topological polar surface area (TPSA) is 23.6 Å². The van der Waals surface area contributed by atoms with Gasteiger partial charge in [-0.1, -0.05) is 0 Å². The van der Waals surface area contributed by atoms with Crippen LogP contribution in [0.25, 0.3) is 0 Å². The molecule has 0 saturated carbocycles. The van der Waals surface area contributed by atoms with Crippen LogP contribution in [0.2, 0.25) is 0 Å². The lowest BCUT2D eigenvalue weighted by molar-refractivity contribution is -0.131. The minimum atomic E-state index is 0.176. The monoisotopic (exact) mass is 292 g/mol. The summed E-state index contributed by atoms with van der Waals surface area (Å²) in [5, 5.41) is 4.40. The quantitative estimate of drug-likeness (QED) is 0.854. The van der Waals surface area contributed by atoms with Gasteiger partial charge in [0, 0.05) is 31.6 Å². The smallest absolute Gasteiger partial charge is 0.223 e. The van der Waals surface area contributed by atoms with Crippen LogP contribution in [0.5, 0.6) is 0 Å². The number of thiophene rings is 1. The van der Waals surface area contributed by atoms with E-state index in [2.05, 4.69) is 33.6 Å². The van der Waals surface area contributed by atoms with Crippen molar-refractivity contribution in [3.63, 3.8) is 0 Å². The fourth-order valence-electron chi connectivity index (χ4n) is 3.94. The third-order valence-corrected chi connectivity index (χ3v) is 5.72. The normalized spacial score (nSPS) is 28.2. The van der Waals surface area contributed by atoms with Crippen LogP contribution in [-0.2, 0) is 11.3 Å². The van der Waals surface area contributed by atoms with Gasteiger partial charge < -0.3 is 4.90 Å². The Labute approximate surface area is 125 Å². The van der Waals surface area contributed by atoms with Crippen LogP contribution < -0.4 is 0 Å². The minimum Gasteiger partial charge on any atom is -0.337 e. The van der Waals surface area contributed by atoms with E-state index in [1.807, 2.05) is 0 Å². The van der Waals surface area contributed by atoms with Crippen molar-refractivity contribution in [2.45, 2.75) is 51.1 Å². The van der Waals surface area contributed by atoms with Crippen LogP contribution in [0.1, 0.15) is 44.6 Å². The van der Waals surface area contributed by atoms with Gasteiger partial charge in [0.05, 0.1) is 0 Å². The molecule has 4 heteroatoms. The number of rotatable bonds is 3. The summed E-state index contributed by atoms with van der Waals surface area (Å²) in [6, 6.07) is 2.22. The molecule has 2 aliphatic rings. The van der Waals surface area contributed by atoms with Gasteiger partial charge in [-0.2, -0.15) is 11.3 Å². The molecule has 1 unspecified atom stereocenters. The molecule has 0 bridgehead atoms. The van der Waals surface area contributed by atoms with Gasteiger partial charge in [-0.25, -0.2) is 0 Å². The molecule has 20 heavy (non-hydrogen) atoms. The van der Waals surface area contributed by atoms with Gasteiger partial charge in [0.15, 0.2) is 0 Å². The summed E-state index contributed by atoms with van der Waals surface area (Å²) in [7, 11) is 0. The molecule has 1 amide bonds. The maximum absolute atomic E-state index is 12.0. The highest BCUT2D eigenvalue weighted by Crippen LogP contribution is 2.39. The second-order valence-electron chi connectivity index (χ2n) is 6.12. The lowest BCUT2D eigenvalue weighted by Gasteiger charge is -2.37. The number of amides is 1. The van der Waals surface area contributed by atoms with Crippen LogP contribution in [0.4, 0.5) is 0 Å². The van der Waals surface area contributed by atoms with Gasteiger partial charge in [0.1, 0.15) is 0 Å². The molecule has 0 aliphatic carbocycles. The zero-order chi connectivity index (χ0) is 14.0. The molecule has 3 nitrogen and oxygen atoms in total. The van der Waals surface area contributed by atoms with E-state index in [0.717, 1.165) is 38.9 Å². The highest BCUT2D eigenvalue weighted by Gasteiger charge is 2.44. The first-order valence-corrected chi connectivity index (χ1v) is 8.72. The van der Waals surface area contributed by atoms with E-state index in [1.54, 1.807) is 11.3 Å². The van der Waals surface area contributed by atoms with Gasteiger partial charge in [0.25, 0.3) is 0 Å². The van der Waals surface area contributed by atoms with E-state index in [-0.39, 0.29) is 5.54 Å². The van der Waals surface area contributed by atoms with Crippen molar-refractivity contribution in [3.8, 4) is 0 Å². The summed E-state index contributed by atoms with van der Waals surface area (Å²) in [4.78, 5) is 16.8. The summed E-state index contributed by atoms with van der Waals surface area (Å²) in [6.45, 7) is 6.37. The van der Waals surface area contributed by atoms with E-state index in [1.165, 1.54) is 24.9 Å². The number of carbonyl (C=O) groups is 1. The largest absolute Gasteiger partial charge is 0.337 e. The van der Waals surface area contributed by atoms with Crippen molar-refractivity contribution in [1.82, 2.24) is 9.80 Å². The maximum Gasteiger partial charge on any atom is 0.223 e. The Bertz CT molecular complexity index is 459. The van der Waals surface area contributed by atoms with E-state index < -0.39 is 0 Å². The molecular weight excluding hydrogens is 268 g/mol. The number of nitrogens with zero attached hydrogens (tertiary/aromatic N) is 2. The van der Waals surface area contributed by atoms with Crippen molar-refractivity contribution in [2.24, 2.45) is 0 Å². The van der Waals surface area contributed by atoms with Gasteiger partial charge in [0.2, 0.25) is 5.91 Å². The van der Waals surface area contributed by atoms with Crippen molar-refractivity contribution >= 4 is 17.2 Å². The summed E-state index contributed by atoms with van der Waals surface area (Å²) in [6.07, 6.45) is 5.39. The Kier molecular flexibility index (Phi) is 4.13.